The standard InChI is InChI=1S/C15H18N2O2S2/c18-14-12-10-2-1-3-11(10)21-13(12)16-15(20)17(14)6-4-9-5-7-19-8-9/h9H,1-8H2,(H,16,20). The minimum atomic E-state index is 0.104. The van der Waals surface area contributed by atoms with Crippen molar-refractivity contribution in [3.8, 4) is 0 Å². The monoisotopic (exact) mass is 322 g/mol. The van der Waals surface area contributed by atoms with Crippen LogP contribution in [0.1, 0.15) is 29.7 Å². The first kappa shape index (κ1) is 13.7. The lowest BCUT2D eigenvalue weighted by molar-refractivity contribution is 0.183. The van der Waals surface area contributed by atoms with Gasteiger partial charge in [-0.2, -0.15) is 0 Å². The summed E-state index contributed by atoms with van der Waals surface area (Å²) in [4.78, 5) is 18.4. The summed E-state index contributed by atoms with van der Waals surface area (Å²) in [5, 5.41) is 0.892. The van der Waals surface area contributed by atoms with E-state index in [2.05, 4.69) is 4.98 Å². The summed E-state index contributed by atoms with van der Waals surface area (Å²) in [6.07, 6.45) is 5.38. The van der Waals surface area contributed by atoms with Crippen molar-refractivity contribution in [2.45, 2.75) is 38.6 Å². The van der Waals surface area contributed by atoms with Crippen molar-refractivity contribution >= 4 is 33.8 Å². The first-order chi connectivity index (χ1) is 10.2. The fourth-order valence-electron chi connectivity index (χ4n) is 3.44. The van der Waals surface area contributed by atoms with E-state index in [4.69, 9.17) is 17.0 Å². The average Bonchev–Trinajstić information content (AvgIpc) is 3.13. The number of aromatic amines is 1. The highest BCUT2D eigenvalue weighted by Gasteiger charge is 2.22. The fraction of sp³-hybridized carbons (Fsp3) is 0.600. The van der Waals surface area contributed by atoms with E-state index in [1.807, 2.05) is 0 Å². The minimum Gasteiger partial charge on any atom is -0.381 e. The molecular weight excluding hydrogens is 304 g/mol. The molecule has 2 aliphatic rings. The molecule has 21 heavy (non-hydrogen) atoms. The topological polar surface area (TPSA) is 47.0 Å². The molecule has 1 N–H and O–H groups in total. The van der Waals surface area contributed by atoms with Gasteiger partial charge in [-0.1, -0.05) is 0 Å². The van der Waals surface area contributed by atoms with Crippen LogP contribution in [0.2, 0.25) is 0 Å². The zero-order chi connectivity index (χ0) is 14.4. The summed E-state index contributed by atoms with van der Waals surface area (Å²) in [5.41, 5.74) is 1.37. The van der Waals surface area contributed by atoms with E-state index in [0.29, 0.717) is 17.2 Å². The van der Waals surface area contributed by atoms with Gasteiger partial charge in [-0.05, 0) is 55.8 Å². The summed E-state index contributed by atoms with van der Waals surface area (Å²) in [7, 11) is 0. The highest BCUT2D eigenvalue weighted by atomic mass is 32.1. The van der Waals surface area contributed by atoms with Crippen LogP contribution in [0.5, 0.6) is 0 Å². The smallest absolute Gasteiger partial charge is 0.263 e. The van der Waals surface area contributed by atoms with Crippen LogP contribution in [-0.2, 0) is 24.1 Å². The molecule has 0 spiro atoms. The van der Waals surface area contributed by atoms with Crippen molar-refractivity contribution in [2.75, 3.05) is 13.2 Å². The van der Waals surface area contributed by atoms with Crippen LogP contribution >= 0.6 is 23.6 Å². The molecule has 1 atom stereocenters. The number of fused-ring (bicyclic) bond motifs is 3. The second kappa shape index (κ2) is 5.34. The number of aromatic nitrogens is 2. The SMILES string of the molecule is O=c1c2c3c(sc2[nH]c(=S)n1CCC1CCOC1)CCC3. The summed E-state index contributed by atoms with van der Waals surface area (Å²) in [6.45, 7) is 2.37. The average molecular weight is 322 g/mol. The fourth-order valence-corrected chi connectivity index (χ4v) is 5.06. The van der Waals surface area contributed by atoms with Gasteiger partial charge in [0.25, 0.3) is 5.56 Å². The lowest BCUT2D eigenvalue weighted by Gasteiger charge is -2.10. The molecule has 2 aromatic rings. The Morgan fingerprint density at radius 1 is 1.43 bits per heavy atom. The van der Waals surface area contributed by atoms with Gasteiger partial charge in [0, 0.05) is 24.6 Å². The molecule has 1 aliphatic carbocycles. The molecule has 1 saturated heterocycles. The van der Waals surface area contributed by atoms with E-state index in [-0.39, 0.29) is 5.56 Å². The molecule has 2 aromatic heterocycles. The van der Waals surface area contributed by atoms with Gasteiger partial charge in [-0.15, -0.1) is 11.3 Å². The Kier molecular flexibility index (Phi) is 3.47. The third kappa shape index (κ3) is 2.29. The lowest BCUT2D eigenvalue weighted by atomic mass is 10.1. The van der Waals surface area contributed by atoms with E-state index in [9.17, 15) is 4.79 Å². The number of aryl methyl sites for hydroxylation is 2. The Morgan fingerprint density at radius 2 is 2.33 bits per heavy atom. The van der Waals surface area contributed by atoms with Gasteiger partial charge in [-0.3, -0.25) is 9.36 Å². The number of hydrogen-bond acceptors (Lipinski definition) is 4. The Balaban J connectivity index is 1.74. The maximum atomic E-state index is 12.8. The molecule has 112 valence electrons. The van der Waals surface area contributed by atoms with Gasteiger partial charge in [0.15, 0.2) is 4.77 Å². The Bertz CT molecular complexity index is 796. The summed E-state index contributed by atoms with van der Waals surface area (Å²) < 4.78 is 7.72. The van der Waals surface area contributed by atoms with E-state index < -0.39 is 0 Å². The molecule has 1 unspecified atom stereocenters. The van der Waals surface area contributed by atoms with Gasteiger partial charge in [0.2, 0.25) is 0 Å². The second-order valence-corrected chi connectivity index (χ2v) is 7.46. The normalized spacial score (nSPS) is 21.2. The molecule has 0 bridgehead atoms. The zero-order valence-corrected chi connectivity index (χ0v) is 13.4. The van der Waals surface area contributed by atoms with Crippen LogP contribution in [0.3, 0.4) is 0 Å². The van der Waals surface area contributed by atoms with Crippen LogP contribution in [0, 0.1) is 10.7 Å². The molecule has 4 rings (SSSR count). The third-order valence-electron chi connectivity index (χ3n) is 4.63. The maximum Gasteiger partial charge on any atom is 0.263 e. The van der Waals surface area contributed by atoms with Crippen molar-refractivity contribution in [1.82, 2.24) is 9.55 Å². The largest absolute Gasteiger partial charge is 0.381 e. The van der Waals surface area contributed by atoms with Crippen molar-refractivity contribution in [3.05, 3.63) is 25.6 Å². The van der Waals surface area contributed by atoms with E-state index in [1.54, 1.807) is 15.9 Å². The molecule has 0 radical (unpaired) electrons. The molecule has 3 heterocycles. The van der Waals surface area contributed by atoms with Crippen LogP contribution in [0.25, 0.3) is 10.2 Å². The molecule has 6 heteroatoms. The van der Waals surface area contributed by atoms with E-state index in [0.717, 1.165) is 49.1 Å². The third-order valence-corrected chi connectivity index (χ3v) is 6.16. The number of thiophene rings is 1. The van der Waals surface area contributed by atoms with Crippen LogP contribution < -0.4 is 5.56 Å². The van der Waals surface area contributed by atoms with E-state index in [1.165, 1.54) is 16.9 Å². The van der Waals surface area contributed by atoms with Crippen molar-refractivity contribution in [3.63, 3.8) is 0 Å². The summed E-state index contributed by atoms with van der Waals surface area (Å²) >= 11 is 7.11. The highest BCUT2D eigenvalue weighted by molar-refractivity contribution is 7.71. The van der Waals surface area contributed by atoms with Crippen molar-refractivity contribution in [2.24, 2.45) is 5.92 Å². The number of nitrogens with one attached hydrogen (secondary N) is 1. The minimum absolute atomic E-state index is 0.104. The van der Waals surface area contributed by atoms with Crippen molar-refractivity contribution in [1.29, 1.82) is 0 Å². The quantitative estimate of drug-likeness (QED) is 0.884. The van der Waals surface area contributed by atoms with Gasteiger partial charge >= 0.3 is 0 Å². The number of rotatable bonds is 3. The second-order valence-electron chi connectivity index (χ2n) is 5.97. The molecule has 0 saturated carbocycles. The number of hydrogen-bond donors (Lipinski definition) is 1. The van der Waals surface area contributed by atoms with Gasteiger partial charge in [-0.25, -0.2) is 0 Å². The van der Waals surface area contributed by atoms with Gasteiger partial charge in [0.1, 0.15) is 4.83 Å². The Labute approximate surface area is 131 Å². The molecule has 0 aromatic carbocycles. The summed E-state index contributed by atoms with van der Waals surface area (Å²) in [6, 6.07) is 0. The van der Waals surface area contributed by atoms with Crippen molar-refractivity contribution < 1.29 is 4.74 Å². The first-order valence-corrected chi connectivity index (χ1v) is 8.81. The number of H-pyrrole nitrogens is 1. The lowest BCUT2D eigenvalue weighted by Crippen LogP contribution is -2.23. The summed E-state index contributed by atoms with van der Waals surface area (Å²) in [5.74, 6) is 0.565. The molecule has 4 nitrogen and oxygen atoms in total. The maximum absolute atomic E-state index is 12.8. The first-order valence-electron chi connectivity index (χ1n) is 7.59. The van der Waals surface area contributed by atoms with Crippen LogP contribution in [0.15, 0.2) is 4.79 Å². The van der Waals surface area contributed by atoms with E-state index >= 15 is 0 Å². The molecular formula is C15H18N2O2S2. The van der Waals surface area contributed by atoms with Crippen LogP contribution in [0.4, 0.5) is 0 Å². The predicted octanol–water partition coefficient (Wildman–Crippen LogP) is 3.04. The number of ether oxygens (including phenoxy) is 1. The molecule has 1 aliphatic heterocycles. The number of nitrogens with zero attached hydrogens (tertiary/aromatic N) is 1. The van der Waals surface area contributed by atoms with Crippen LogP contribution in [-0.4, -0.2) is 22.8 Å². The Hall–Kier alpha value is -0.980. The molecule has 1 fully saturated rings. The predicted molar refractivity (Wildman–Crippen MR) is 86.8 cm³/mol. The zero-order valence-electron chi connectivity index (χ0n) is 11.8. The van der Waals surface area contributed by atoms with Gasteiger partial charge in [0.05, 0.1) is 5.39 Å². The molecule has 0 amide bonds. The van der Waals surface area contributed by atoms with Gasteiger partial charge < -0.3 is 9.72 Å². The Morgan fingerprint density at radius 3 is 3.14 bits per heavy atom. The highest BCUT2D eigenvalue weighted by Crippen LogP contribution is 2.34.